The van der Waals surface area contributed by atoms with E-state index in [1.165, 1.54) is 7.11 Å². The van der Waals surface area contributed by atoms with E-state index in [1.54, 1.807) is 24.3 Å². The summed E-state index contributed by atoms with van der Waals surface area (Å²) in [6.07, 6.45) is 0.183. The fraction of sp³-hybridized carbons (Fsp3) is 0.263. The average Bonchev–Trinajstić information content (AvgIpc) is 2.56. The van der Waals surface area contributed by atoms with Crippen molar-refractivity contribution in [3.05, 3.63) is 59.2 Å². The maximum atomic E-state index is 12.1. The van der Waals surface area contributed by atoms with E-state index in [0.29, 0.717) is 11.3 Å². The van der Waals surface area contributed by atoms with Crippen molar-refractivity contribution in [1.29, 1.82) is 0 Å². The molecule has 126 valence electrons. The van der Waals surface area contributed by atoms with Crippen LogP contribution in [0.25, 0.3) is 0 Å². The number of methoxy groups -OCH3 is 1. The standard InChI is InChI=1S/C19H21NO4/c1-13-8-9-17(14(2)12-13)24-11-10-18(21)20-16-7-5-4-6-15(16)19(22)23-3/h4-9,12H,10-11H2,1-3H3,(H,20,21). The molecule has 24 heavy (non-hydrogen) atoms. The van der Waals surface area contributed by atoms with Crippen LogP contribution in [0.3, 0.4) is 0 Å². The summed E-state index contributed by atoms with van der Waals surface area (Å²) in [7, 11) is 1.30. The molecule has 0 bridgehead atoms. The molecular weight excluding hydrogens is 306 g/mol. The summed E-state index contributed by atoms with van der Waals surface area (Å²) in [5.41, 5.74) is 2.95. The van der Waals surface area contributed by atoms with Crippen LogP contribution in [-0.2, 0) is 9.53 Å². The number of anilines is 1. The van der Waals surface area contributed by atoms with E-state index in [1.807, 2.05) is 32.0 Å². The molecule has 5 nitrogen and oxygen atoms in total. The Labute approximate surface area is 141 Å². The van der Waals surface area contributed by atoms with Gasteiger partial charge in [0.15, 0.2) is 0 Å². The lowest BCUT2D eigenvalue weighted by molar-refractivity contribution is -0.116. The van der Waals surface area contributed by atoms with Gasteiger partial charge in [-0.1, -0.05) is 29.8 Å². The Balaban J connectivity index is 1.91. The van der Waals surface area contributed by atoms with Crippen LogP contribution < -0.4 is 10.1 Å². The van der Waals surface area contributed by atoms with Crippen LogP contribution in [0.5, 0.6) is 5.75 Å². The Hall–Kier alpha value is -2.82. The molecule has 0 saturated carbocycles. The molecule has 0 unspecified atom stereocenters. The maximum absolute atomic E-state index is 12.1. The van der Waals surface area contributed by atoms with Gasteiger partial charge in [-0.25, -0.2) is 4.79 Å². The number of carbonyl (C=O) groups excluding carboxylic acids is 2. The zero-order chi connectivity index (χ0) is 17.5. The number of hydrogen-bond donors (Lipinski definition) is 1. The highest BCUT2D eigenvalue weighted by molar-refractivity contribution is 6.01. The number of carbonyl (C=O) groups is 2. The van der Waals surface area contributed by atoms with Gasteiger partial charge in [0.1, 0.15) is 5.75 Å². The minimum atomic E-state index is -0.488. The van der Waals surface area contributed by atoms with E-state index in [-0.39, 0.29) is 18.9 Å². The first-order valence-corrected chi connectivity index (χ1v) is 7.68. The molecule has 0 aliphatic heterocycles. The van der Waals surface area contributed by atoms with Crippen molar-refractivity contribution in [2.75, 3.05) is 19.0 Å². The fourth-order valence-corrected chi connectivity index (χ4v) is 2.31. The third-order valence-corrected chi connectivity index (χ3v) is 3.52. The van der Waals surface area contributed by atoms with Crippen molar-refractivity contribution in [3.8, 4) is 5.75 Å². The molecule has 0 saturated heterocycles. The number of benzene rings is 2. The van der Waals surface area contributed by atoms with Crippen LogP contribution in [-0.4, -0.2) is 25.6 Å². The van der Waals surface area contributed by atoms with Crippen LogP contribution in [0.1, 0.15) is 27.9 Å². The van der Waals surface area contributed by atoms with Crippen molar-refractivity contribution in [2.45, 2.75) is 20.3 Å². The summed E-state index contributed by atoms with van der Waals surface area (Å²) in [4.78, 5) is 23.7. The van der Waals surface area contributed by atoms with Crippen LogP contribution in [0.15, 0.2) is 42.5 Å². The summed E-state index contributed by atoms with van der Waals surface area (Å²) in [6, 6.07) is 12.6. The second-order valence-corrected chi connectivity index (χ2v) is 5.45. The normalized spacial score (nSPS) is 10.1. The molecule has 2 aromatic carbocycles. The van der Waals surface area contributed by atoms with Gasteiger partial charge in [0.2, 0.25) is 5.91 Å². The van der Waals surface area contributed by atoms with Crippen LogP contribution in [0.4, 0.5) is 5.69 Å². The second kappa shape index (κ2) is 8.15. The zero-order valence-electron chi connectivity index (χ0n) is 14.1. The van der Waals surface area contributed by atoms with Crippen LogP contribution in [0.2, 0.25) is 0 Å². The molecule has 0 atom stereocenters. The highest BCUT2D eigenvalue weighted by Gasteiger charge is 2.13. The molecule has 5 heteroatoms. The van der Waals surface area contributed by atoms with Crippen molar-refractivity contribution in [1.82, 2.24) is 0 Å². The molecule has 1 amide bonds. The molecule has 2 aromatic rings. The number of para-hydroxylation sites is 1. The molecule has 2 rings (SSSR count). The second-order valence-electron chi connectivity index (χ2n) is 5.45. The molecule has 0 aliphatic rings. The first-order chi connectivity index (χ1) is 11.5. The molecular formula is C19H21NO4. The molecule has 0 spiro atoms. The molecule has 0 radical (unpaired) electrons. The summed E-state index contributed by atoms with van der Waals surface area (Å²) < 4.78 is 10.4. The first kappa shape index (κ1) is 17.5. The number of aryl methyl sites for hydroxylation is 2. The van der Waals surface area contributed by atoms with Gasteiger partial charge in [0.05, 0.1) is 31.4 Å². The van der Waals surface area contributed by atoms with Gasteiger partial charge in [0.25, 0.3) is 0 Å². The molecule has 1 N–H and O–H groups in total. The maximum Gasteiger partial charge on any atom is 0.339 e. The Bertz CT molecular complexity index is 740. The molecule has 0 aliphatic carbocycles. The Morgan fingerprint density at radius 1 is 1.08 bits per heavy atom. The number of ether oxygens (including phenoxy) is 2. The predicted molar refractivity (Wildman–Crippen MR) is 92.4 cm³/mol. The molecule has 0 fully saturated rings. The van der Waals surface area contributed by atoms with Crippen molar-refractivity contribution in [2.24, 2.45) is 0 Å². The lowest BCUT2D eigenvalue weighted by Gasteiger charge is -2.11. The summed E-state index contributed by atoms with van der Waals surface area (Å²) in [5.74, 6) is 0.0527. The van der Waals surface area contributed by atoms with Gasteiger partial charge >= 0.3 is 5.97 Å². The summed E-state index contributed by atoms with van der Waals surface area (Å²) in [5, 5.41) is 2.72. The lowest BCUT2D eigenvalue weighted by atomic mass is 10.1. The van der Waals surface area contributed by atoms with E-state index in [0.717, 1.165) is 16.9 Å². The zero-order valence-corrected chi connectivity index (χ0v) is 14.1. The van der Waals surface area contributed by atoms with E-state index in [9.17, 15) is 9.59 Å². The van der Waals surface area contributed by atoms with Gasteiger partial charge in [0, 0.05) is 0 Å². The van der Waals surface area contributed by atoms with Gasteiger partial charge in [-0.3, -0.25) is 4.79 Å². The number of amides is 1. The fourth-order valence-electron chi connectivity index (χ4n) is 2.31. The number of rotatable bonds is 6. The number of hydrogen-bond acceptors (Lipinski definition) is 4. The number of nitrogens with one attached hydrogen (secondary N) is 1. The minimum Gasteiger partial charge on any atom is -0.493 e. The summed E-state index contributed by atoms with van der Waals surface area (Å²) >= 11 is 0. The molecule has 0 heterocycles. The predicted octanol–water partition coefficient (Wildman–Crippen LogP) is 3.50. The Morgan fingerprint density at radius 2 is 1.83 bits per heavy atom. The van der Waals surface area contributed by atoms with Gasteiger partial charge in [-0.2, -0.15) is 0 Å². The average molecular weight is 327 g/mol. The SMILES string of the molecule is COC(=O)c1ccccc1NC(=O)CCOc1ccc(C)cc1C. The third-order valence-electron chi connectivity index (χ3n) is 3.52. The van der Waals surface area contributed by atoms with E-state index in [4.69, 9.17) is 9.47 Å². The van der Waals surface area contributed by atoms with Gasteiger partial charge in [-0.15, -0.1) is 0 Å². The Kier molecular flexibility index (Phi) is 5.95. The highest BCUT2D eigenvalue weighted by Crippen LogP contribution is 2.19. The Morgan fingerprint density at radius 3 is 2.54 bits per heavy atom. The van der Waals surface area contributed by atoms with Crippen molar-refractivity contribution in [3.63, 3.8) is 0 Å². The monoisotopic (exact) mass is 327 g/mol. The van der Waals surface area contributed by atoms with E-state index >= 15 is 0 Å². The minimum absolute atomic E-state index is 0.183. The largest absolute Gasteiger partial charge is 0.493 e. The topological polar surface area (TPSA) is 64.6 Å². The van der Waals surface area contributed by atoms with Crippen LogP contribution in [0, 0.1) is 13.8 Å². The smallest absolute Gasteiger partial charge is 0.339 e. The first-order valence-electron chi connectivity index (χ1n) is 7.68. The lowest BCUT2D eigenvalue weighted by Crippen LogP contribution is -2.17. The quantitative estimate of drug-likeness (QED) is 0.825. The highest BCUT2D eigenvalue weighted by atomic mass is 16.5. The van der Waals surface area contributed by atoms with Crippen LogP contribution >= 0.6 is 0 Å². The van der Waals surface area contributed by atoms with E-state index in [2.05, 4.69) is 5.32 Å². The van der Waals surface area contributed by atoms with E-state index < -0.39 is 5.97 Å². The van der Waals surface area contributed by atoms with Gasteiger partial charge in [-0.05, 0) is 37.6 Å². The molecule has 0 aromatic heterocycles. The van der Waals surface area contributed by atoms with Gasteiger partial charge < -0.3 is 14.8 Å². The van der Waals surface area contributed by atoms with Crippen molar-refractivity contribution >= 4 is 17.6 Å². The number of esters is 1. The van der Waals surface area contributed by atoms with Crippen molar-refractivity contribution < 1.29 is 19.1 Å². The third kappa shape index (κ3) is 4.59. The summed E-state index contributed by atoms with van der Waals surface area (Å²) in [6.45, 7) is 4.24.